The number of hydrogen-bond donors (Lipinski definition) is 2. The second kappa shape index (κ2) is 6.13. The van der Waals surface area contributed by atoms with Gasteiger partial charge in [0.05, 0.1) is 16.5 Å². The van der Waals surface area contributed by atoms with E-state index in [1.807, 2.05) is 31.5 Å². The van der Waals surface area contributed by atoms with Gasteiger partial charge in [-0.15, -0.1) is 0 Å². The maximum Gasteiger partial charge on any atom is 0.224 e. The van der Waals surface area contributed by atoms with E-state index in [0.29, 0.717) is 23.0 Å². The topological polar surface area (TPSA) is 44.9 Å². The Labute approximate surface area is 121 Å². The van der Waals surface area contributed by atoms with Crippen LogP contribution >= 0.6 is 23.2 Å². The van der Waals surface area contributed by atoms with E-state index < -0.39 is 0 Å². The summed E-state index contributed by atoms with van der Waals surface area (Å²) in [4.78, 5) is 14.7. The number of halogens is 2. The summed E-state index contributed by atoms with van der Waals surface area (Å²) in [5.74, 6) is -0.0125. The van der Waals surface area contributed by atoms with Gasteiger partial charge in [-0.3, -0.25) is 4.79 Å². The summed E-state index contributed by atoms with van der Waals surface area (Å²) in [7, 11) is 0. The summed E-state index contributed by atoms with van der Waals surface area (Å²) in [5.41, 5.74) is 2.63. The summed E-state index contributed by atoms with van der Waals surface area (Å²) >= 11 is 12.2. The monoisotopic (exact) mass is 296 g/mol. The van der Waals surface area contributed by atoms with Gasteiger partial charge in [-0.1, -0.05) is 35.3 Å². The zero-order chi connectivity index (χ0) is 13.8. The Morgan fingerprint density at radius 1 is 1.26 bits per heavy atom. The van der Waals surface area contributed by atoms with Crippen LogP contribution in [0.15, 0.2) is 30.6 Å². The number of nitrogens with one attached hydrogen (secondary N) is 2. The minimum absolute atomic E-state index is 0.0125. The molecule has 19 heavy (non-hydrogen) atoms. The van der Waals surface area contributed by atoms with Crippen LogP contribution in [0.25, 0.3) is 11.1 Å². The fraction of sp³-hybridized carbons (Fsp3) is 0.214. The van der Waals surface area contributed by atoms with E-state index in [9.17, 15) is 4.79 Å². The summed E-state index contributed by atoms with van der Waals surface area (Å²) in [5, 5.41) is 3.78. The Balaban J connectivity index is 2.34. The summed E-state index contributed by atoms with van der Waals surface area (Å²) in [6.07, 6.45) is 3.95. The first kappa shape index (κ1) is 14.0. The second-order valence-corrected chi connectivity index (χ2v) is 4.91. The highest BCUT2D eigenvalue weighted by atomic mass is 35.5. The van der Waals surface area contributed by atoms with Crippen molar-refractivity contribution in [2.24, 2.45) is 0 Å². The maximum absolute atomic E-state index is 11.7. The normalized spacial score (nSPS) is 10.5. The molecule has 0 bridgehead atoms. The predicted molar refractivity (Wildman–Crippen MR) is 78.6 cm³/mol. The number of likely N-dealkylation sites (N-methyl/N-ethyl adjacent to an activating group) is 1. The number of rotatable bonds is 4. The molecule has 0 atom stereocenters. The van der Waals surface area contributed by atoms with Crippen LogP contribution in [-0.4, -0.2) is 17.4 Å². The summed E-state index contributed by atoms with van der Waals surface area (Å²) in [6.45, 7) is 2.51. The molecule has 1 amide bonds. The Morgan fingerprint density at radius 3 is 2.79 bits per heavy atom. The zero-order valence-corrected chi connectivity index (χ0v) is 12.0. The molecular weight excluding hydrogens is 283 g/mol. The van der Waals surface area contributed by atoms with Crippen LogP contribution in [0, 0.1) is 0 Å². The molecule has 0 fully saturated rings. The molecule has 3 nitrogen and oxygen atoms in total. The van der Waals surface area contributed by atoms with Gasteiger partial charge in [0.15, 0.2) is 0 Å². The first-order valence-corrected chi connectivity index (χ1v) is 6.75. The van der Waals surface area contributed by atoms with Crippen molar-refractivity contribution in [3.05, 3.63) is 46.2 Å². The van der Waals surface area contributed by atoms with Crippen LogP contribution in [0.4, 0.5) is 0 Å². The molecule has 0 aliphatic heterocycles. The average Bonchev–Trinajstić information content (AvgIpc) is 2.81. The lowest BCUT2D eigenvalue weighted by Gasteiger charge is -2.07. The fourth-order valence-electron chi connectivity index (χ4n) is 1.94. The highest BCUT2D eigenvalue weighted by Crippen LogP contribution is 2.35. The van der Waals surface area contributed by atoms with E-state index >= 15 is 0 Å². The van der Waals surface area contributed by atoms with E-state index in [1.165, 1.54) is 0 Å². The van der Waals surface area contributed by atoms with Crippen LogP contribution in [0.5, 0.6) is 0 Å². The number of carbonyl (C=O) groups is 1. The minimum atomic E-state index is -0.0125. The zero-order valence-electron chi connectivity index (χ0n) is 10.5. The van der Waals surface area contributed by atoms with Gasteiger partial charge in [-0.25, -0.2) is 0 Å². The molecule has 0 unspecified atom stereocenters. The van der Waals surface area contributed by atoms with Gasteiger partial charge in [-0.2, -0.15) is 0 Å². The largest absolute Gasteiger partial charge is 0.367 e. The van der Waals surface area contributed by atoms with E-state index in [4.69, 9.17) is 23.2 Å². The lowest BCUT2D eigenvalue weighted by molar-refractivity contribution is -0.120. The smallest absolute Gasteiger partial charge is 0.224 e. The summed E-state index contributed by atoms with van der Waals surface area (Å²) in [6, 6.07) is 5.47. The van der Waals surface area contributed by atoms with Crippen molar-refractivity contribution in [3.8, 4) is 11.1 Å². The van der Waals surface area contributed by atoms with Gasteiger partial charge in [-0.05, 0) is 18.6 Å². The molecule has 2 N–H and O–H groups in total. The van der Waals surface area contributed by atoms with Gasteiger partial charge in [0.2, 0.25) is 5.91 Å². The van der Waals surface area contributed by atoms with Crippen molar-refractivity contribution in [3.63, 3.8) is 0 Å². The second-order valence-electron chi connectivity index (χ2n) is 4.13. The van der Waals surface area contributed by atoms with E-state index in [0.717, 1.165) is 16.7 Å². The number of carbonyl (C=O) groups excluding carboxylic acids is 1. The molecule has 0 saturated carbocycles. The molecule has 1 aromatic heterocycles. The van der Waals surface area contributed by atoms with Crippen molar-refractivity contribution in [2.75, 3.05) is 6.54 Å². The van der Waals surface area contributed by atoms with Crippen molar-refractivity contribution in [1.82, 2.24) is 10.3 Å². The predicted octanol–water partition coefficient (Wildman–Crippen LogP) is 3.67. The third kappa shape index (κ3) is 3.11. The molecule has 0 saturated heterocycles. The quantitative estimate of drug-likeness (QED) is 0.888. The SMILES string of the molecule is CCNC(=O)Cc1c[nH]cc1-c1cccc(Cl)c1Cl. The molecule has 1 aromatic carbocycles. The van der Waals surface area contributed by atoms with Crippen molar-refractivity contribution in [2.45, 2.75) is 13.3 Å². The highest BCUT2D eigenvalue weighted by Gasteiger charge is 2.13. The molecule has 0 aliphatic carbocycles. The number of aromatic amines is 1. The number of aromatic nitrogens is 1. The van der Waals surface area contributed by atoms with Gasteiger partial charge in [0, 0.05) is 30.1 Å². The van der Waals surface area contributed by atoms with Crippen LogP contribution in [-0.2, 0) is 11.2 Å². The van der Waals surface area contributed by atoms with Crippen molar-refractivity contribution < 1.29 is 4.79 Å². The van der Waals surface area contributed by atoms with Gasteiger partial charge in [0.25, 0.3) is 0 Å². The van der Waals surface area contributed by atoms with E-state index in [-0.39, 0.29) is 5.91 Å². The average molecular weight is 297 g/mol. The third-order valence-corrected chi connectivity index (χ3v) is 3.62. The number of H-pyrrole nitrogens is 1. The standard InChI is InChI=1S/C14H14Cl2N2O/c1-2-18-13(19)6-9-7-17-8-11(9)10-4-3-5-12(15)14(10)16/h3-5,7-8,17H,2,6H2,1H3,(H,18,19). The molecule has 0 radical (unpaired) electrons. The Morgan fingerprint density at radius 2 is 2.05 bits per heavy atom. The minimum Gasteiger partial charge on any atom is -0.367 e. The Hall–Kier alpha value is -1.45. The van der Waals surface area contributed by atoms with Gasteiger partial charge in [0.1, 0.15) is 0 Å². The Bertz CT molecular complexity index is 593. The Kier molecular flexibility index (Phi) is 4.51. The molecule has 0 spiro atoms. The van der Waals surface area contributed by atoms with Crippen LogP contribution in [0.1, 0.15) is 12.5 Å². The van der Waals surface area contributed by atoms with Gasteiger partial charge >= 0.3 is 0 Å². The van der Waals surface area contributed by atoms with E-state index in [2.05, 4.69) is 10.3 Å². The lowest BCUT2D eigenvalue weighted by atomic mass is 10.0. The molecule has 100 valence electrons. The molecule has 2 rings (SSSR count). The van der Waals surface area contributed by atoms with Crippen LogP contribution in [0.2, 0.25) is 10.0 Å². The number of hydrogen-bond acceptors (Lipinski definition) is 1. The molecule has 1 heterocycles. The fourth-order valence-corrected chi connectivity index (χ4v) is 2.34. The lowest BCUT2D eigenvalue weighted by Crippen LogP contribution is -2.24. The van der Waals surface area contributed by atoms with Crippen molar-refractivity contribution in [1.29, 1.82) is 0 Å². The molecular formula is C14H14Cl2N2O. The molecule has 0 aliphatic rings. The van der Waals surface area contributed by atoms with Crippen molar-refractivity contribution >= 4 is 29.1 Å². The molecule has 5 heteroatoms. The van der Waals surface area contributed by atoms with Crippen LogP contribution in [0.3, 0.4) is 0 Å². The number of amides is 1. The van der Waals surface area contributed by atoms with Crippen LogP contribution < -0.4 is 5.32 Å². The maximum atomic E-state index is 11.7. The first-order valence-electron chi connectivity index (χ1n) is 6.00. The molecule has 2 aromatic rings. The highest BCUT2D eigenvalue weighted by molar-refractivity contribution is 6.43. The first-order chi connectivity index (χ1) is 9.13. The summed E-state index contributed by atoms with van der Waals surface area (Å²) < 4.78 is 0. The van der Waals surface area contributed by atoms with E-state index in [1.54, 1.807) is 6.07 Å². The number of benzene rings is 1. The van der Waals surface area contributed by atoms with Gasteiger partial charge < -0.3 is 10.3 Å². The third-order valence-electron chi connectivity index (χ3n) is 2.80.